The minimum Gasteiger partial charge on any atom is -0.496 e. The highest BCUT2D eigenvalue weighted by Crippen LogP contribution is 2.37. The topological polar surface area (TPSA) is 135 Å². The number of rotatable bonds is 6. The standard InChI is InChI=1S/C23H19F4N7O2/c1-11(23(25,26)27)34-21(29)16(8-28)20(33-34)14-5-3-12(17-10-31-32-19(14)17)9-30-22(35)15-7-13(24)4-6-18(15)36-2/h3-7,10-11H,9,29H2,1-2H3,(H,30,35)(H,31,32). The lowest BCUT2D eigenvalue weighted by molar-refractivity contribution is -0.164. The summed E-state index contributed by atoms with van der Waals surface area (Å²) < 4.78 is 59.2. The molecule has 2 aromatic heterocycles. The van der Waals surface area contributed by atoms with E-state index in [0.29, 0.717) is 26.7 Å². The van der Waals surface area contributed by atoms with Gasteiger partial charge in [0.25, 0.3) is 5.91 Å². The Hall–Kier alpha value is -4.60. The molecule has 0 spiro atoms. The second-order valence-electron chi connectivity index (χ2n) is 7.84. The number of fused-ring (bicyclic) bond motifs is 1. The van der Waals surface area contributed by atoms with Crippen molar-refractivity contribution in [3.05, 3.63) is 59.0 Å². The van der Waals surface area contributed by atoms with Crippen LogP contribution in [0, 0.1) is 17.1 Å². The molecule has 0 saturated heterocycles. The van der Waals surface area contributed by atoms with Gasteiger partial charge in [-0.15, -0.1) is 0 Å². The third-order valence-corrected chi connectivity index (χ3v) is 5.71. The van der Waals surface area contributed by atoms with E-state index in [-0.39, 0.29) is 29.1 Å². The van der Waals surface area contributed by atoms with Crippen molar-refractivity contribution >= 4 is 22.6 Å². The van der Waals surface area contributed by atoms with E-state index in [1.165, 1.54) is 31.5 Å². The maximum absolute atomic E-state index is 13.6. The number of anilines is 1. The fourth-order valence-corrected chi connectivity index (χ4v) is 3.75. The third-order valence-electron chi connectivity index (χ3n) is 5.71. The summed E-state index contributed by atoms with van der Waals surface area (Å²) in [5, 5.41) is 23.5. The summed E-state index contributed by atoms with van der Waals surface area (Å²) in [5.74, 6) is -1.39. The summed E-state index contributed by atoms with van der Waals surface area (Å²) >= 11 is 0. The van der Waals surface area contributed by atoms with Gasteiger partial charge in [0.1, 0.15) is 40.8 Å². The van der Waals surface area contributed by atoms with Crippen LogP contribution in [0.25, 0.3) is 22.2 Å². The Morgan fingerprint density at radius 2 is 2.08 bits per heavy atom. The summed E-state index contributed by atoms with van der Waals surface area (Å²) in [6, 6.07) is 6.48. The number of aromatic amines is 1. The van der Waals surface area contributed by atoms with Crippen LogP contribution in [-0.4, -0.2) is 39.2 Å². The maximum atomic E-state index is 13.6. The number of ether oxygens (including phenoxy) is 1. The number of hydrogen-bond donors (Lipinski definition) is 3. The molecule has 0 aliphatic heterocycles. The van der Waals surface area contributed by atoms with Crippen LogP contribution in [-0.2, 0) is 6.54 Å². The quantitative estimate of drug-likeness (QED) is 0.341. The summed E-state index contributed by atoms with van der Waals surface area (Å²) in [6.45, 7) is 0.904. The average Bonchev–Trinajstić information content (AvgIpc) is 3.46. The van der Waals surface area contributed by atoms with Gasteiger partial charge in [-0.25, -0.2) is 9.07 Å². The van der Waals surface area contributed by atoms with Crippen molar-refractivity contribution in [3.8, 4) is 23.1 Å². The number of hydrogen-bond acceptors (Lipinski definition) is 6. The van der Waals surface area contributed by atoms with E-state index in [9.17, 15) is 27.6 Å². The molecule has 4 N–H and O–H groups in total. The number of amides is 1. The molecule has 1 atom stereocenters. The molecule has 0 fully saturated rings. The van der Waals surface area contributed by atoms with Crippen LogP contribution in [0.5, 0.6) is 5.75 Å². The minimum absolute atomic E-state index is 0.0102. The van der Waals surface area contributed by atoms with Crippen LogP contribution in [0.1, 0.15) is 34.5 Å². The fourth-order valence-electron chi connectivity index (χ4n) is 3.75. The average molecular weight is 501 g/mol. The second-order valence-corrected chi connectivity index (χ2v) is 7.84. The number of alkyl halides is 3. The van der Waals surface area contributed by atoms with Gasteiger partial charge in [-0.1, -0.05) is 12.1 Å². The molecule has 4 rings (SSSR count). The Labute approximate surface area is 201 Å². The number of benzene rings is 2. The number of halogens is 4. The van der Waals surface area contributed by atoms with Crippen molar-refractivity contribution in [2.24, 2.45) is 0 Å². The Morgan fingerprint density at radius 3 is 2.75 bits per heavy atom. The maximum Gasteiger partial charge on any atom is 0.410 e. The number of nitrogens with zero attached hydrogens (tertiary/aromatic N) is 4. The minimum atomic E-state index is -4.63. The molecular weight excluding hydrogens is 482 g/mol. The molecule has 1 unspecified atom stereocenters. The van der Waals surface area contributed by atoms with Gasteiger partial charge in [0.2, 0.25) is 0 Å². The number of carbonyl (C=O) groups is 1. The van der Waals surface area contributed by atoms with Gasteiger partial charge in [-0.05, 0) is 30.7 Å². The lowest BCUT2D eigenvalue weighted by Crippen LogP contribution is -2.25. The highest BCUT2D eigenvalue weighted by Gasteiger charge is 2.40. The van der Waals surface area contributed by atoms with E-state index in [1.807, 2.05) is 6.07 Å². The Kier molecular flexibility index (Phi) is 6.28. The van der Waals surface area contributed by atoms with Crippen molar-refractivity contribution in [2.75, 3.05) is 12.8 Å². The predicted octanol–water partition coefficient (Wildman–Crippen LogP) is 4.08. The molecule has 0 aliphatic rings. The Balaban J connectivity index is 1.69. The first kappa shape index (κ1) is 24.5. The zero-order valence-electron chi connectivity index (χ0n) is 18.9. The van der Waals surface area contributed by atoms with Gasteiger partial charge in [0.05, 0.1) is 24.4 Å². The monoisotopic (exact) mass is 501 g/mol. The molecule has 13 heteroatoms. The number of aromatic nitrogens is 4. The van der Waals surface area contributed by atoms with Crippen LogP contribution < -0.4 is 15.8 Å². The molecule has 0 aliphatic carbocycles. The van der Waals surface area contributed by atoms with E-state index in [4.69, 9.17) is 10.5 Å². The van der Waals surface area contributed by atoms with Crippen molar-refractivity contribution in [3.63, 3.8) is 0 Å². The number of carbonyl (C=O) groups excluding carboxylic acids is 1. The van der Waals surface area contributed by atoms with E-state index in [2.05, 4.69) is 20.6 Å². The summed E-state index contributed by atoms with van der Waals surface area (Å²) in [7, 11) is 1.36. The van der Waals surface area contributed by atoms with Crippen LogP contribution in [0.2, 0.25) is 0 Å². The fraction of sp³-hybridized carbons (Fsp3) is 0.217. The SMILES string of the molecule is COc1ccc(F)cc1C(=O)NCc1ccc(-c2nn(C(C)C(F)(F)F)c(N)c2C#N)c2[nH]ncc12. The van der Waals surface area contributed by atoms with Crippen molar-refractivity contribution < 1.29 is 27.1 Å². The molecule has 9 nitrogen and oxygen atoms in total. The molecule has 0 saturated carbocycles. The molecule has 186 valence electrons. The zero-order chi connectivity index (χ0) is 26.2. The number of nitriles is 1. The van der Waals surface area contributed by atoms with Crippen molar-refractivity contribution in [1.82, 2.24) is 25.3 Å². The first-order valence-corrected chi connectivity index (χ1v) is 10.5. The number of H-pyrrole nitrogens is 1. The highest BCUT2D eigenvalue weighted by atomic mass is 19.4. The van der Waals surface area contributed by atoms with Gasteiger partial charge in [-0.3, -0.25) is 9.89 Å². The van der Waals surface area contributed by atoms with Gasteiger partial charge >= 0.3 is 6.18 Å². The number of nitrogens with two attached hydrogens (primary N) is 1. The van der Waals surface area contributed by atoms with Gasteiger partial charge in [-0.2, -0.15) is 28.6 Å². The molecule has 0 radical (unpaired) electrons. The molecule has 4 aromatic rings. The summed E-state index contributed by atoms with van der Waals surface area (Å²) in [6.07, 6.45) is -3.16. The molecule has 36 heavy (non-hydrogen) atoms. The zero-order valence-corrected chi connectivity index (χ0v) is 18.9. The Morgan fingerprint density at radius 1 is 1.33 bits per heavy atom. The van der Waals surface area contributed by atoms with Crippen LogP contribution in [0.4, 0.5) is 23.4 Å². The lowest BCUT2D eigenvalue weighted by Gasteiger charge is -2.17. The Bertz CT molecular complexity index is 1500. The number of nitrogens with one attached hydrogen (secondary N) is 2. The van der Waals surface area contributed by atoms with Crippen molar-refractivity contribution in [1.29, 1.82) is 5.26 Å². The van der Waals surface area contributed by atoms with Gasteiger partial charge in [0.15, 0.2) is 0 Å². The van der Waals surface area contributed by atoms with Crippen LogP contribution in [0.3, 0.4) is 0 Å². The predicted molar refractivity (Wildman–Crippen MR) is 121 cm³/mol. The van der Waals surface area contributed by atoms with E-state index in [0.717, 1.165) is 13.0 Å². The first-order chi connectivity index (χ1) is 17.1. The molecule has 1 amide bonds. The number of methoxy groups -OCH3 is 1. The molecular formula is C23H19F4N7O2. The largest absolute Gasteiger partial charge is 0.496 e. The second kappa shape index (κ2) is 9.21. The smallest absolute Gasteiger partial charge is 0.410 e. The van der Waals surface area contributed by atoms with Crippen molar-refractivity contribution in [2.45, 2.75) is 25.7 Å². The molecule has 0 bridgehead atoms. The molecule has 2 heterocycles. The van der Waals surface area contributed by atoms with Gasteiger partial charge < -0.3 is 15.8 Å². The van der Waals surface area contributed by atoms with E-state index >= 15 is 0 Å². The van der Waals surface area contributed by atoms with Crippen LogP contribution in [0.15, 0.2) is 36.5 Å². The highest BCUT2D eigenvalue weighted by molar-refractivity contribution is 5.98. The first-order valence-electron chi connectivity index (χ1n) is 10.5. The third kappa shape index (κ3) is 4.28. The van der Waals surface area contributed by atoms with Gasteiger partial charge in [0, 0.05) is 17.5 Å². The van der Waals surface area contributed by atoms with E-state index in [1.54, 1.807) is 6.07 Å². The van der Waals surface area contributed by atoms with E-state index < -0.39 is 29.8 Å². The summed E-state index contributed by atoms with van der Waals surface area (Å²) in [4.78, 5) is 12.6. The number of nitrogen functional groups attached to an aromatic ring is 1. The van der Waals surface area contributed by atoms with Crippen LogP contribution >= 0.6 is 0 Å². The molecule has 2 aromatic carbocycles. The lowest BCUT2D eigenvalue weighted by atomic mass is 10.0. The normalized spacial score (nSPS) is 12.4. The summed E-state index contributed by atoms with van der Waals surface area (Å²) in [5.41, 5.74) is 6.88.